The molecule has 2 unspecified atom stereocenters. The SMILES string of the molecule is COc1ccc(C2CC(CN)CN2C)c(C=O)c1. The number of rotatable bonds is 4. The molecular weight excluding hydrogens is 228 g/mol. The van der Waals surface area contributed by atoms with Gasteiger partial charge in [-0.1, -0.05) is 6.07 Å². The molecule has 1 aromatic carbocycles. The minimum atomic E-state index is 0.282. The highest BCUT2D eigenvalue weighted by atomic mass is 16.5. The molecule has 98 valence electrons. The van der Waals surface area contributed by atoms with E-state index in [4.69, 9.17) is 10.5 Å². The van der Waals surface area contributed by atoms with E-state index in [1.807, 2.05) is 12.1 Å². The highest BCUT2D eigenvalue weighted by Gasteiger charge is 2.31. The number of ether oxygens (including phenoxy) is 1. The molecule has 2 rings (SSSR count). The Hall–Kier alpha value is -1.39. The summed E-state index contributed by atoms with van der Waals surface area (Å²) in [7, 11) is 3.69. The highest BCUT2D eigenvalue weighted by Crippen LogP contribution is 2.35. The summed E-state index contributed by atoms with van der Waals surface area (Å²) in [6, 6.07) is 5.98. The Morgan fingerprint density at radius 1 is 1.56 bits per heavy atom. The molecule has 1 saturated heterocycles. The van der Waals surface area contributed by atoms with Crippen molar-refractivity contribution in [3.63, 3.8) is 0 Å². The molecule has 0 aromatic heterocycles. The summed E-state index contributed by atoms with van der Waals surface area (Å²) >= 11 is 0. The van der Waals surface area contributed by atoms with Crippen LogP contribution in [0.1, 0.15) is 28.4 Å². The average Bonchev–Trinajstić information content (AvgIpc) is 2.79. The second-order valence-corrected chi connectivity index (χ2v) is 4.91. The van der Waals surface area contributed by atoms with Crippen molar-refractivity contribution in [3.8, 4) is 5.75 Å². The minimum Gasteiger partial charge on any atom is -0.497 e. The van der Waals surface area contributed by atoms with Crippen LogP contribution >= 0.6 is 0 Å². The molecule has 1 aliphatic rings. The molecule has 2 N–H and O–H groups in total. The molecule has 1 heterocycles. The normalized spacial score (nSPS) is 24.2. The van der Waals surface area contributed by atoms with Gasteiger partial charge in [0.1, 0.15) is 5.75 Å². The first-order chi connectivity index (χ1) is 8.69. The first kappa shape index (κ1) is 13.1. The Labute approximate surface area is 108 Å². The van der Waals surface area contributed by atoms with Crippen LogP contribution in [-0.4, -0.2) is 38.4 Å². The second-order valence-electron chi connectivity index (χ2n) is 4.91. The lowest BCUT2D eigenvalue weighted by molar-refractivity contribution is 0.112. The number of nitrogens with zero attached hydrogens (tertiary/aromatic N) is 1. The zero-order valence-electron chi connectivity index (χ0n) is 10.9. The van der Waals surface area contributed by atoms with Crippen molar-refractivity contribution in [1.29, 1.82) is 0 Å². The number of methoxy groups -OCH3 is 1. The molecule has 4 heteroatoms. The maximum absolute atomic E-state index is 11.2. The fraction of sp³-hybridized carbons (Fsp3) is 0.500. The van der Waals surface area contributed by atoms with E-state index in [9.17, 15) is 4.79 Å². The molecule has 0 spiro atoms. The van der Waals surface area contributed by atoms with Crippen molar-refractivity contribution in [3.05, 3.63) is 29.3 Å². The van der Waals surface area contributed by atoms with Gasteiger partial charge in [0.15, 0.2) is 6.29 Å². The molecule has 1 fully saturated rings. The molecule has 0 radical (unpaired) electrons. The molecule has 2 atom stereocenters. The van der Waals surface area contributed by atoms with Crippen molar-refractivity contribution in [1.82, 2.24) is 4.90 Å². The number of benzene rings is 1. The molecule has 0 saturated carbocycles. The van der Waals surface area contributed by atoms with E-state index >= 15 is 0 Å². The van der Waals surface area contributed by atoms with Gasteiger partial charge in [-0.2, -0.15) is 0 Å². The smallest absolute Gasteiger partial charge is 0.150 e. The first-order valence-electron chi connectivity index (χ1n) is 6.23. The van der Waals surface area contributed by atoms with Gasteiger partial charge in [0, 0.05) is 18.2 Å². The average molecular weight is 248 g/mol. The summed E-state index contributed by atoms with van der Waals surface area (Å²) in [5.74, 6) is 1.23. The maximum Gasteiger partial charge on any atom is 0.150 e. The molecule has 1 aliphatic heterocycles. The summed E-state index contributed by atoms with van der Waals surface area (Å²) in [5.41, 5.74) is 7.52. The van der Waals surface area contributed by atoms with Crippen LogP contribution in [0.15, 0.2) is 18.2 Å². The van der Waals surface area contributed by atoms with Gasteiger partial charge in [0.25, 0.3) is 0 Å². The lowest BCUT2D eigenvalue weighted by Gasteiger charge is -2.21. The maximum atomic E-state index is 11.2. The second kappa shape index (κ2) is 5.50. The lowest BCUT2D eigenvalue weighted by Crippen LogP contribution is -2.21. The van der Waals surface area contributed by atoms with Crippen LogP contribution in [0, 0.1) is 5.92 Å². The number of carbonyl (C=O) groups is 1. The quantitative estimate of drug-likeness (QED) is 0.820. The summed E-state index contributed by atoms with van der Waals surface area (Å²) in [6.07, 6.45) is 1.92. The monoisotopic (exact) mass is 248 g/mol. The van der Waals surface area contributed by atoms with Crippen LogP contribution in [0.3, 0.4) is 0 Å². The number of hydrogen-bond acceptors (Lipinski definition) is 4. The number of carbonyl (C=O) groups excluding carboxylic acids is 1. The Bertz CT molecular complexity index is 434. The minimum absolute atomic E-state index is 0.282. The Balaban J connectivity index is 2.30. The predicted molar refractivity (Wildman–Crippen MR) is 70.9 cm³/mol. The molecule has 0 bridgehead atoms. The van der Waals surface area contributed by atoms with Crippen LogP contribution in [-0.2, 0) is 0 Å². The number of nitrogens with two attached hydrogens (primary N) is 1. The molecule has 0 amide bonds. The summed E-state index contributed by atoms with van der Waals surface area (Å²) in [5, 5.41) is 0. The third kappa shape index (κ3) is 2.40. The number of hydrogen-bond donors (Lipinski definition) is 1. The van der Waals surface area contributed by atoms with Crippen molar-refractivity contribution < 1.29 is 9.53 Å². The topological polar surface area (TPSA) is 55.6 Å². The van der Waals surface area contributed by atoms with E-state index < -0.39 is 0 Å². The molecule has 4 nitrogen and oxygen atoms in total. The third-order valence-electron chi connectivity index (χ3n) is 3.75. The van der Waals surface area contributed by atoms with Crippen molar-refractivity contribution in [2.45, 2.75) is 12.5 Å². The van der Waals surface area contributed by atoms with E-state index in [-0.39, 0.29) is 6.04 Å². The predicted octanol–water partition coefficient (Wildman–Crippen LogP) is 1.46. The van der Waals surface area contributed by atoms with Gasteiger partial charge < -0.3 is 10.5 Å². The standard InChI is InChI=1S/C14H20N2O2/c1-16-8-10(7-15)5-14(16)13-4-3-12(18-2)6-11(13)9-17/h3-4,6,9-10,14H,5,7-8,15H2,1-2H3. The zero-order chi connectivity index (χ0) is 13.1. The van der Waals surface area contributed by atoms with Gasteiger partial charge >= 0.3 is 0 Å². The number of aldehydes is 1. The van der Waals surface area contributed by atoms with Gasteiger partial charge in [-0.15, -0.1) is 0 Å². The van der Waals surface area contributed by atoms with E-state index in [0.717, 1.165) is 30.6 Å². The summed E-state index contributed by atoms with van der Waals surface area (Å²) in [4.78, 5) is 13.5. The Morgan fingerprint density at radius 3 is 2.89 bits per heavy atom. The third-order valence-corrected chi connectivity index (χ3v) is 3.75. The highest BCUT2D eigenvalue weighted by molar-refractivity contribution is 5.78. The Kier molecular flexibility index (Phi) is 3.99. The molecule has 1 aromatic rings. The van der Waals surface area contributed by atoms with Gasteiger partial charge in [0.05, 0.1) is 7.11 Å². The first-order valence-corrected chi connectivity index (χ1v) is 6.23. The summed E-state index contributed by atoms with van der Waals surface area (Å²) in [6.45, 7) is 1.69. The van der Waals surface area contributed by atoms with Crippen molar-refractivity contribution in [2.75, 3.05) is 27.2 Å². The van der Waals surface area contributed by atoms with Gasteiger partial charge in [-0.25, -0.2) is 0 Å². The molecule has 0 aliphatic carbocycles. The molecule has 18 heavy (non-hydrogen) atoms. The lowest BCUT2D eigenvalue weighted by atomic mass is 9.96. The van der Waals surface area contributed by atoms with Crippen LogP contribution < -0.4 is 10.5 Å². The largest absolute Gasteiger partial charge is 0.497 e. The zero-order valence-corrected chi connectivity index (χ0v) is 10.9. The number of likely N-dealkylation sites (tertiary alicyclic amines) is 1. The van der Waals surface area contributed by atoms with Gasteiger partial charge in [-0.05, 0) is 43.6 Å². The van der Waals surface area contributed by atoms with E-state index in [0.29, 0.717) is 18.0 Å². The van der Waals surface area contributed by atoms with Crippen molar-refractivity contribution in [2.24, 2.45) is 11.7 Å². The van der Waals surface area contributed by atoms with Crippen LogP contribution in [0.4, 0.5) is 0 Å². The van der Waals surface area contributed by atoms with Crippen LogP contribution in [0.5, 0.6) is 5.75 Å². The Morgan fingerprint density at radius 2 is 2.33 bits per heavy atom. The molecular formula is C14H20N2O2. The van der Waals surface area contributed by atoms with E-state index in [1.165, 1.54) is 0 Å². The van der Waals surface area contributed by atoms with E-state index in [1.54, 1.807) is 13.2 Å². The fourth-order valence-electron chi connectivity index (χ4n) is 2.73. The van der Waals surface area contributed by atoms with Gasteiger partial charge in [-0.3, -0.25) is 9.69 Å². The van der Waals surface area contributed by atoms with Gasteiger partial charge in [0.2, 0.25) is 0 Å². The van der Waals surface area contributed by atoms with Crippen LogP contribution in [0.25, 0.3) is 0 Å². The summed E-state index contributed by atoms with van der Waals surface area (Å²) < 4.78 is 5.15. The fourth-order valence-corrected chi connectivity index (χ4v) is 2.73. The van der Waals surface area contributed by atoms with Crippen molar-refractivity contribution >= 4 is 6.29 Å². The van der Waals surface area contributed by atoms with Crippen LogP contribution in [0.2, 0.25) is 0 Å². The van der Waals surface area contributed by atoms with E-state index in [2.05, 4.69) is 11.9 Å².